The van der Waals surface area contributed by atoms with Crippen LogP contribution in [0.5, 0.6) is 0 Å². The molecule has 0 fully saturated rings. The largest absolute Gasteiger partial charge is 0.317 e. The first-order chi connectivity index (χ1) is 4.43. The maximum absolute atomic E-state index is 3.15. The molecule has 1 rings (SSSR count). The normalized spacial score (nSPS) is 21.0. The molecule has 0 atom stereocenters. The van der Waals surface area contributed by atoms with Crippen LogP contribution >= 0.6 is 11.9 Å². The highest BCUT2D eigenvalue weighted by molar-refractivity contribution is 7.96. The van der Waals surface area contributed by atoms with Crippen LogP contribution in [0, 0.1) is 0 Å². The highest BCUT2D eigenvalue weighted by Gasteiger charge is 2.00. The third-order valence-electron chi connectivity index (χ3n) is 1.29. The number of rotatable bonds is 1. The van der Waals surface area contributed by atoms with Gasteiger partial charge in [0.15, 0.2) is 0 Å². The lowest BCUT2D eigenvalue weighted by Crippen LogP contribution is -2.26. The summed E-state index contributed by atoms with van der Waals surface area (Å²) in [5.74, 6) is 0. The molecule has 0 radical (unpaired) electrons. The molecule has 0 amide bonds. The van der Waals surface area contributed by atoms with Crippen LogP contribution in [0.25, 0.3) is 0 Å². The van der Waals surface area contributed by atoms with Gasteiger partial charge in [-0.1, -0.05) is 18.0 Å². The van der Waals surface area contributed by atoms with E-state index in [0.717, 1.165) is 6.54 Å². The van der Waals surface area contributed by atoms with E-state index in [4.69, 9.17) is 0 Å². The Morgan fingerprint density at radius 2 is 2.56 bits per heavy atom. The van der Waals surface area contributed by atoms with Gasteiger partial charge < -0.3 is 5.43 Å². The summed E-state index contributed by atoms with van der Waals surface area (Å²) >= 11 is 1.73. The molecular weight excluding hydrogens is 132 g/mol. The van der Waals surface area contributed by atoms with E-state index in [1.165, 1.54) is 12.8 Å². The maximum atomic E-state index is 3.15. The summed E-state index contributed by atoms with van der Waals surface area (Å²) in [6.07, 6.45) is 8.69. The number of nitrogens with zero attached hydrogens (tertiary/aromatic N) is 1. The average Bonchev–Trinajstić information content (AvgIpc) is 2.13. The Labute approximate surface area is 60.4 Å². The van der Waals surface area contributed by atoms with Crippen LogP contribution in [0.15, 0.2) is 12.3 Å². The van der Waals surface area contributed by atoms with Crippen LogP contribution in [0.1, 0.15) is 12.8 Å². The number of hydrogen-bond acceptors (Lipinski definition) is 3. The van der Waals surface area contributed by atoms with E-state index in [-0.39, 0.29) is 0 Å². The third kappa shape index (κ3) is 2.28. The molecule has 0 unspecified atom stereocenters. The van der Waals surface area contributed by atoms with Gasteiger partial charge in [-0.25, -0.2) is 0 Å². The van der Waals surface area contributed by atoms with Crippen molar-refractivity contribution in [1.29, 1.82) is 0 Å². The number of hydrogen-bond donors (Lipinski definition) is 1. The van der Waals surface area contributed by atoms with E-state index >= 15 is 0 Å². The molecule has 0 aromatic carbocycles. The summed E-state index contributed by atoms with van der Waals surface area (Å²) in [7, 11) is 0. The Morgan fingerprint density at radius 1 is 1.67 bits per heavy atom. The zero-order chi connectivity index (χ0) is 6.53. The smallest absolute Gasteiger partial charge is 0.0296 e. The Morgan fingerprint density at radius 3 is 3.33 bits per heavy atom. The number of allylic oxidation sites excluding steroid dienone is 1. The van der Waals surface area contributed by atoms with Crippen LogP contribution in [0.2, 0.25) is 0 Å². The summed E-state index contributed by atoms with van der Waals surface area (Å²) in [6.45, 7) is 1.13. The monoisotopic (exact) mass is 144 g/mol. The zero-order valence-corrected chi connectivity index (χ0v) is 6.45. The lowest BCUT2D eigenvalue weighted by atomic mass is 10.3. The van der Waals surface area contributed by atoms with E-state index in [1.54, 1.807) is 11.9 Å². The minimum atomic E-state index is 1.13. The van der Waals surface area contributed by atoms with Crippen LogP contribution < -0.4 is 5.43 Å². The molecule has 0 bridgehead atoms. The van der Waals surface area contributed by atoms with Crippen molar-refractivity contribution in [3.63, 3.8) is 0 Å². The fraction of sp³-hybridized carbons (Fsp3) is 0.667. The van der Waals surface area contributed by atoms with Crippen molar-refractivity contribution >= 4 is 11.9 Å². The van der Waals surface area contributed by atoms with Gasteiger partial charge in [-0.3, -0.25) is 0 Å². The van der Waals surface area contributed by atoms with Crippen molar-refractivity contribution in [3.05, 3.63) is 12.3 Å². The van der Waals surface area contributed by atoms with Gasteiger partial charge >= 0.3 is 0 Å². The molecule has 1 aliphatic heterocycles. The summed E-state index contributed by atoms with van der Waals surface area (Å²) in [5, 5.41) is 0. The molecule has 3 heteroatoms. The van der Waals surface area contributed by atoms with Gasteiger partial charge in [-0.15, -0.1) is 0 Å². The molecule has 0 aromatic rings. The van der Waals surface area contributed by atoms with Crippen molar-refractivity contribution in [3.8, 4) is 0 Å². The minimum absolute atomic E-state index is 1.13. The lowest BCUT2D eigenvalue weighted by molar-refractivity contribution is 0.414. The molecule has 0 spiro atoms. The van der Waals surface area contributed by atoms with E-state index in [1.807, 2.05) is 6.20 Å². The van der Waals surface area contributed by atoms with E-state index < -0.39 is 0 Å². The summed E-state index contributed by atoms with van der Waals surface area (Å²) in [5.41, 5.74) is 3.15. The predicted molar refractivity (Wildman–Crippen MR) is 41.7 cm³/mol. The number of hydrazine groups is 1. The van der Waals surface area contributed by atoms with E-state index in [0.29, 0.717) is 0 Å². The summed E-state index contributed by atoms with van der Waals surface area (Å²) in [4.78, 5) is 0. The van der Waals surface area contributed by atoms with Crippen molar-refractivity contribution in [2.24, 2.45) is 0 Å². The molecular formula is C6H12N2S. The van der Waals surface area contributed by atoms with Gasteiger partial charge in [-0.2, -0.15) is 4.41 Å². The van der Waals surface area contributed by atoms with Gasteiger partial charge in [0.2, 0.25) is 0 Å². The topological polar surface area (TPSA) is 15.3 Å². The molecule has 0 aliphatic carbocycles. The van der Waals surface area contributed by atoms with Crippen molar-refractivity contribution < 1.29 is 0 Å². The van der Waals surface area contributed by atoms with Gasteiger partial charge in [0.05, 0.1) is 0 Å². The van der Waals surface area contributed by atoms with Gasteiger partial charge in [0, 0.05) is 12.7 Å². The molecule has 2 nitrogen and oxygen atoms in total. The first-order valence-electron chi connectivity index (χ1n) is 3.16. The molecule has 52 valence electrons. The lowest BCUT2D eigenvalue weighted by Gasteiger charge is -2.15. The first-order valence-corrected chi connectivity index (χ1v) is 4.34. The highest BCUT2D eigenvalue weighted by Crippen LogP contribution is 2.06. The van der Waals surface area contributed by atoms with Crippen LogP contribution in [-0.4, -0.2) is 17.2 Å². The molecule has 0 saturated heterocycles. The Kier molecular flexibility index (Phi) is 2.94. The molecule has 9 heavy (non-hydrogen) atoms. The zero-order valence-electron chi connectivity index (χ0n) is 5.63. The Bertz CT molecular complexity index is 103. The Balaban J connectivity index is 2.29. The summed E-state index contributed by atoms with van der Waals surface area (Å²) in [6, 6.07) is 0. The van der Waals surface area contributed by atoms with E-state index in [9.17, 15) is 0 Å². The second kappa shape index (κ2) is 3.80. The molecule has 0 saturated carbocycles. The van der Waals surface area contributed by atoms with E-state index in [2.05, 4.69) is 22.2 Å². The molecule has 1 N–H and O–H groups in total. The molecule has 0 aromatic heterocycles. The third-order valence-corrected chi connectivity index (χ3v) is 2.02. The van der Waals surface area contributed by atoms with Crippen LogP contribution in [0.3, 0.4) is 0 Å². The maximum Gasteiger partial charge on any atom is 0.0296 e. The van der Waals surface area contributed by atoms with Gasteiger partial charge in [0.1, 0.15) is 0 Å². The SMILES string of the molecule is CSN1CCCC=CN1. The molecule has 1 heterocycles. The fourth-order valence-corrected chi connectivity index (χ4v) is 1.26. The highest BCUT2D eigenvalue weighted by atomic mass is 32.2. The van der Waals surface area contributed by atoms with Crippen molar-refractivity contribution in [1.82, 2.24) is 9.84 Å². The van der Waals surface area contributed by atoms with Crippen molar-refractivity contribution in [2.45, 2.75) is 12.8 Å². The quantitative estimate of drug-likeness (QED) is 0.560. The standard InChI is InChI=1S/C6H12N2S/c1-9-8-6-4-2-3-5-7-8/h3,5,7H,2,4,6H2,1H3. The summed E-state index contributed by atoms with van der Waals surface area (Å²) < 4.78 is 2.13. The number of nitrogens with one attached hydrogen (secondary N) is 1. The van der Waals surface area contributed by atoms with Gasteiger partial charge in [-0.05, 0) is 19.1 Å². The fourth-order valence-electron chi connectivity index (χ4n) is 0.780. The predicted octanol–water partition coefficient (Wildman–Crippen LogP) is 1.38. The van der Waals surface area contributed by atoms with Crippen LogP contribution in [0.4, 0.5) is 0 Å². The van der Waals surface area contributed by atoms with Gasteiger partial charge in [0.25, 0.3) is 0 Å². The second-order valence-corrected chi connectivity index (χ2v) is 2.76. The van der Waals surface area contributed by atoms with Crippen molar-refractivity contribution in [2.75, 3.05) is 12.8 Å². The average molecular weight is 144 g/mol. The minimum Gasteiger partial charge on any atom is -0.317 e. The Hall–Kier alpha value is -0.150. The first kappa shape index (κ1) is 6.96. The van der Waals surface area contributed by atoms with Crippen LogP contribution in [-0.2, 0) is 0 Å². The molecule has 1 aliphatic rings. The second-order valence-electron chi connectivity index (χ2n) is 1.96.